The van der Waals surface area contributed by atoms with Crippen molar-refractivity contribution in [2.45, 2.75) is 58.0 Å². The van der Waals surface area contributed by atoms with E-state index in [0.29, 0.717) is 12.0 Å². The van der Waals surface area contributed by atoms with Gasteiger partial charge in [0.25, 0.3) is 0 Å². The predicted molar refractivity (Wildman–Crippen MR) is 64.3 cm³/mol. The first-order valence-electron chi connectivity index (χ1n) is 5.83. The minimum atomic E-state index is -1.54. The van der Waals surface area contributed by atoms with E-state index in [1.807, 2.05) is 13.8 Å². The molecule has 0 aromatic heterocycles. The summed E-state index contributed by atoms with van der Waals surface area (Å²) in [6.45, 7) is 6.78. The summed E-state index contributed by atoms with van der Waals surface area (Å²) in [5.74, 6) is 0. The molecule has 4 nitrogen and oxygen atoms in total. The minimum Gasteiger partial charge on any atom is -0.390 e. The Bertz CT molecular complexity index is 348. The zero-order valence-electron chi connectivity index (χ0n) is 10.8. The van der Waals surface area contributed by atoms with Crippen LogP contribution in [0.3, 0.4) is 0 Å². The maximum atomic E-state index is 10.3. The van der Waals surface area contributed by atoms with Crippen LogP contribution >= 0.6 is 0 Å². The molecule has 0 radical (unpaired) electrons. The van der Waals surface area contributed by atoms with Crippen molar-refractivity contribution in [1.29, 1.82) is 0 Å². The van der Waals surface area contributed by atoms with Crippen LogP contribution in [0, 0.1) is 5.41 Å². The number of hydrogen-bond acceptors (Lipinski definition) is 4. The highest BCUT2D eigenvalue weighted by Gasteiger charge is 2.50. The van der Waals surface area contributed by atoms with Gasteiger partial charge in [0.05, 0.1) is 12.2 Å². The number of rotatable bonds is 1. The lowest BCUT2D eigenvalue weighted by atomic mass is 9.64. The Morgan fingerprint density at radius 1 is 1.35 bits per heavy atom. The van der Waals surface area contributed by atoms with E-state index in [0.717, 1.165) is 0 Å². The van der Waals surface area contributed by atoms with Gasteiger partial charge in [-0.2, -0.15) is 0 Å². The molecule has 0 saturated heterocycles. The van der Waals surface area contributed by atoms with Crippen LogP contribution in [0.2, 0.25) is 0 Å². The van der Waals surface area contributed by atoms with Crippen molar-refractivity contribution in [1.82, 2.24) is 0 Å². The molecule has 0 bridgehead atoms. The molecule has 0 unspecified atom stereocenters. The fraction of sp³-hybridized carbons (Fsp3) is 0.769. The van der Waals surface area contributed by atoms with E-state index < -0.39 is 29.3 Å². The smallest absolute Gasteiger partial charge is 0.119 e. The van der Waals surface area contributed by atoms with E-state index >= 15 is 0 Å². The summed E-state index contributed by atoms with van der Waals surface area (Å²) < 4.78 is 0. The van der Waals surface area contributed by atoms with Gasteiger partial charge < -0.3 is 20.4 Å². The maximum absolute atomic E-state index is 10.3. The van der Waals surface area contributed by atoms with Crippen LogP contribution in [0.1, 0.15) is 34.1 Å². The van der Waals surface area contributed by atoms with Crippen LogP contribution in [0.15, 0.2) is 17.4 Å². The van der Waals surface area contributed by atoms with Crippen molar-refractivity contribution in [2.24, 2.45) is 5.41 Å². The normalized spacial score (nSPS) is 38.5. The van der Waals surface area contributed by atoms with Gasteiger partial charge in [0.1, 0.15) is 11.7 Å². The van der Waals surface area contributed by atoms with Gasteiger partial charge in [0.2, 0.25) is 0 Å². The Hall–Kier alpha value is -0.640. The van der Waals surface area contributed by atoms with Crippen LogP contribution in [-0.2, 0) is 0 Å². The lowest BCUT2D eigenvalue weighted by Gasteiger charge is -2.47. The largest absolute Gasteiger partial charge is 0.390 e. The van der Waals surface area contributed by atoms with Gasteiger partial charge in [0, 0.05) is 5.57 Å². The maximum Gasteiger partial charge on any atom is 0.119 e. The molecule has 1 aliphatic rings. The molecule has 1 saturated carbocycles. The quantitative estimate of drug-likeness (QED) is 0.500. The average Bonchev–Trinajstić information content (AvgIpc) is 2.12. The molecule has 0 aliphatic heterocycles. The van der Waals surface area contributed by atoms with Crippen molar-refractivity contribution >= 4 is 0 Å². The second kappa shape index (κ2) is 4.56. The molecule has 4 atom stereocenters. The monoisotopic (exact) mass is 242 g/mol. The molecule has 0 spiro atoms. The minimum absolute atomic E-state index is 0.348. The second-order valence-corrected chi connectivity index (χ2v) is 5.67. The van der Waals surface area contributed by atoms with E-state index in [1.165, 1.54) is 13.0 Å². The topological polar surface area (TPSA) is 80.9 Å². The van der Waals surface area contributed by atoms with Crippen LogP contribution in [0.5, 0.6) is 0 Å². The molecule has 0 aromatic rings. The molecule has 0 aromatic carbocycles. The summed E-state index contributed by atoms with van der Waals surface area (Å²) in [4.78, 5) is 0. The van der Waals surface area contributed by atoms with Gasteiger partial charge in [0.15, 0.2) is 0 Å². The van der Waals surface area contributed by atoms with E-state index in [4.69, 9.17) is 0 Å². The Labute approximate surface area is 102 Å². The Balaban J connectivity index is 3.28. The fourth-order valence-electron chi connectivity index (χ4n) is 2.49. The molecule has 98 valence electrons. The highest BCUT2D eigenvalue weighted by molar-refractivity contribution is 5.28. The third-order valence-corrected chi connectivity index (χ3v) is 3.31. The van der Waals surface area contributed by atoms with Crippen molar-refractivity contribution in [3.8, 4) is 0 Å². The van der Waals surface area contributed by atoms with Gasteiger partial charge in [-0.1, -0.05) is 13.8 Å². The molecule has 0 amide bonds. The molecule has 1 fully saturated rings. The Kier molecular flexibility index (Phi) is 3.87. The first-order chi connectivity index (χ1) is 7.59. The molecule has 1 aliphatic carbocycles. The van der Waals surface area contributed by atoms with Crippen molar-refractivity contribution in [2.75, 3.05) is 0 Å². The summed E-state index contributed by atoms with van der Waals surface area (Å²) in [7, 11) is 0. The SMILES string of the molecule is C[C@@H](O)C=C=C1C(C)(C)C[C@H](O)[C@@H](O)[C@@]1(C)O. The zero-order chi connectivity index (χ0) is 13.4. The van der Waals surface area contributed by atoms with Gasteiger partial charge in [-0.05, 0) is 31.8 Å². The molecule has 4 N–H and O–H groups in total. The highest BCUT2D eigenvalue weighted by Crippen LogP contribution is 2.45. The highest BCUT2D eigenvalue weighted by atomic mass is 16.4. The van der Waals surface area contributed by atoms with E-state index in [-0.39, 0.29) is 0 Å². The Morgan fingerprint density at radius 3 is 2.35 bits per heavy atom. The lowest BCUT2D eigenvalue weighted by molar-refractivity contribution is -0.133. The lowest BCUT2D eigenvalue weighted by Crippen LogP contribution is -2.56. The summed E-state index contributed by atoms with van der Waals surface area (Å²) in [6, 6.07) is 0. The summed E-state index contributed by atoms with van der Waals surface area (Å²) in [6.07, 6.45) is -1.08. The second-order valence-electron chi connectivity index (χ2n) is 5.67. The predicted octanol–water partition coefficient (Wildman–Crippen LogP) is 0.351. The van der Waals surface area contributed by atoms with Crippen LogP contribution in [0.25, 0.3) is 0 Å². The van der Waals surface area contributed by atoms with E-state index in [1.54, 1.807) is 6.92 Å². The number of aliphatic hydroxyl groups is 4. The molecule has 17 heavy (non-hydrogen) atoms. The number of aliphatic hydroxyl groups excluding tert-OH is 3. The number of hydrogen-bond donors (Lipinski definition) is 4. The van der Waals surface area contributed by atoms with Crippen molar-refractivity contribution < 1.29 is 20.4 Å². The van der Waals surface area contributed by atoms with Gasteiger partial charge >= 0.3 is 0 Å². The van der Waals surface area contributed by atoms with Gasteiger partial charge in [-0.15, -0.1) is 5.73 Å². The molecule has 4 heteroatoms. The fourth-order valence-corrected chi connectivity index (χ4v) is 2.49. The summed E-state index contributed by atoms with van der Waals surface area (Å²) in [5.41, 5.74) is 1.36. The first kappa shape index (κ1) is 14.4. The summed E-state index contributed by atoms with van der Waals surface area (Å²) in [5, 5.41) is 39.1. The third-order valence-electron chi connectivity index (χ3n) is 3.31. The zero-order valence-corrected chi connectivity index (χ0v) is 10.8. The van der Waals surface area contributed by atoms with Crippen molar-refractivity contribution in [3.63, 3.8) is 0 Å². The molecular weight excluding hydrogens is 220 g/mol. The van der Waals surface area contributed by atoms with Crippen LogP contribution in [-0.4, -0.2) is 44.3 Å². The Morgan fingerprint density at radius 2 is 1.88 bits per heavy atom. The van der Waals surface area contributed by atoms with Crippen LogP contribution in [0.4, 0.5) is 0 Å². The average molecular weight is 242 g/mol. The van der Waals surface area contributed by atoms with Gasteiger partial charge in [-0.3, -0.25) is 0 Å². The van der Waals surface area contributed by atoms with E-state index in [2.05, 4.69) is 5.73 Å². The third kappa shape index (κ3) is 2.79. The van der Waals surface area contributed by atoms with Crippen LogP contribution < -0.4 is 0 Å². The first-order valence-corrected chi connectivity index (χ1v) is 5.83. The van der Waals surface area contributed by atoms with Crippen molar-refractivity contribution in [3.05, 3.63) is 17.4 Å². The standard InChI is InChI=1S/C13H22O4/c1-8(14)5-6-10-12(2,3)7-9(15)11(16)13(10,4)17/h5,8-9,11,14-17H,7H2,1-4H3/t6?,8-,9+,11-,13+/m1/s1. The molecular formula is C13H22O4. The van der Waals surface area contributed by atoms with E-state index in [9.17, 15) is 20.4 Å². The molecule has 0 heterocycles. The summed E-state index contributed by atoms with van der Waals surface area (Å²) >= 11 is 0. The van der Waals surface area contributed by atoms with Gasteiger partial charge in [-0.25, -0.2) is 0 Å². The molecule has 1 rings (SSSR count).